The van der Waals surface area contributed by atoms with Crippen LogP contribution in [0.5, 0.6) is 0 Å². The average Bonchev–Trinajstić information content (AvgIpc) is 3.24. The summed E-state index contributed by atoms with van der Waals surface area (Å²) in [5.41, 5.74) is 1.27. The number of anilines is 1. The molecule has 30 heavy (non-hydrogen) atoms. The summed E-state index contributed by atoms with van der Waals surface area (Å²) in [5, 5.41) is 7.39. The van der Waals surface area contributed by atoms with Crippen LogP contribution in [0.2, 0.25) is 0 Å². The normalized spacial score (nSPS) is 29.8. The fourth-order valence-electron chi connectivity index (χ4n) is 4.72. The second kappa shape index (κ2) is 8.26. The number of sulfonamides is 1. The number of hydrogen-bond donors (Lipinski definition) is 0. The molecule has 2 fully saturated rings. The van der Waals surface area contributed by atoms with E-state index in [1.165, 1.54) is 4.31 Å². The van der Waals surface area contributed by atoms with Crippen LogP contribution in [0.4, 0.5) is 10.1 Å². The quantitative estimate of drug-likeness (QED) is 0.738. The number of piperidine rings is 1. The maximum Gasteiger partial charge on any atom is 0.217 e. The number of benzene rings is 1. The molecular weight excluding hydrogens is 405 g/mol. The van der Waals surface area contributed by atoms with Gasteiger partial charge in [-0.25, -0.2) is 12.8 Å². The Balaban J connectivity index is 1.47. The third-order valence-electron chi connectivity index (χ3n) is 6.73. The van der Waals surface area contributed by atoms with Crippen LogP contribution in [0.25, 0.3) is 0 Å². The fraction of sp³-hybridized carbons (Fsp3) is 0.619. The van der Waals surface area contributed by atoms with Crippen LogP contribution in [0.1, 0.15) is 51.6 Å². The van der Waals surface area contributed by atoms with Gasteiger partial charge in [-0.15, -0.1) is 10.2 Å². The van der Waals surface area contributed by atoms with Crippen molar-refractivity contribution in [1.29, 1.82) is 0 Å². The molecule has 1 aromatic carbocycles. The van der Waals surface area contributed by atoms with E-state index in [-0.39, 0.29) is 18.4 Å². The van der Waals surface area contributed by atoms with E-state index in [1.807, 2.05) is 17.6 Å². The topological polar surface area (TPSA) is 71.3 Å². The molecule has 4 atom stereocenters. The molecule has 164 valence electrons. The van der Waals surface area contributed by atoms with Gasteiger partial charge in [-0.2, -0.15) is 4.31 Å². The Kier molecular flexibility index (Phi) is 5.85. The molecule has 0 N–H and O–H groups in total. The van der Waals surface area contributed by atoms with E-state index in [4.69, 9.17) is 0 Å². The summed E-state index contributed by atoms with van der Waals surface area (Å²) in [6.45, 7) is 7.55. The van der Waals surface area contributed by atoms with Crippen LogP contribution in [-0.2, 0) is 16.6 Å². The van der Waals surface area contributed by atoms with Crippen LogP contribution >= 0.6 is 0 Å². The van der Waals surface area contributed by atoms with Gasteiger partial charge in [0.15, 0.2) is 0 Å². The lowest BCUT2D eigenvalue weighted by Gasteiger charge is -2.39. The lowest BCUT2D eigenvalue weighted by Crippen LogP contribution is -2.47. The van der Waals surface area contributed by atoms with E-state index in [9.17, 15) is 12.8 Å². The third-order valence-corrected chi connectivity index (χ3v) is 9.12. The summed E-state index contributed by atoms with van der Waals surface area (Å²) in [6, 6.07) is 5.43. The SMILES string of the molecule is CC1CN(c2ccc(CN3[C@@H](C)CCC(C)S3(=O)=O)c(F)c2)CCC1n1cnnc1. The minimum absolute atomic E-state index is 0.0893. The largest absolute Gasteiger partial charge is 0.371 e. The van der Waals surface area contributed by atoms with Gasteiger partial charge in [0, 0.05) is 43.0 Å². The summed E-state index contributed by atoms with van der Waals surface area (Å²) in [6.07, 6.45) is 5.90. The maximum absolute atomic E-state index is 15.0. The van der Waals surface area contributed by atoms with E-state index in [0.717, 1.165) is 31.6 Å². The summed E-state index contributed by atoms with van der Waals surface area (Å²) in [5.74, 6) is 0.0278. The zero-order valence-electron chi connectivity index (χ0n) is 17.8. The molecule has 7 nitrogen and oxygen atoms in total. The molecule has 2 saturated heterocycles. The first kappa shape index (κ1) is 21.2. The number of aromatic nitrogens is 3. The number of nitrogens with zero attached hydrogens (tertiary/aromatic N) is 5. The zero-order valence-corrected chi connectivity index (χ0v) is 18.6. The molecule has 2 aliphatic rings. The van der Waals surface area contributed by atoms with Crippen molar-refractivity contribution in [1.82, 2.24) is 19.1 Å². The monoisotopic (exact) mass is 435 g/mol. The van der Waals surface area contributed by atoms with E-state index >= 15 is 0 Å². The van der Waals surface area contributed by atoms with Crippen LogP contribution < -0.4 is 4.90 Å². The minimum Gasteiger partial charge on any atom is -0.371 e. The lowest BCUT2D eigenvalue weighted by molar-refractivity contribution is 0.281. The molecule has 0 spiro atoms. The standard InChI is InChI=1S/C21H30FN5O2S/c1-15-11-25(9-8-21(15)26-13-23-24-14-26)19-7-6-18(20(22)10-19)12-27-16(2)4-5-17(3)30(27,28)29/h6-7,10,13-17,21H,4-5,8-9,11-12H2,1-3H3/t15?,16-,17?,21?/m0/s1. The van der Waals surface area contributed by atoms with Gasteiger partial charge in [0.1, 0.15) is 18.5 Å². The summed E-state index contributed by atoms with van der Waals surface area (Å²) >= 11 is 0. The first-order valence-corrected chi connectivity index (χ1v) is 12.2. The van der Waals surface area contributed by atoms with Crippen molar-refractivity contribution in [3.8, 4) is 0 Å². The van der Waals surface area contributed by atoms with Gasteiger partial charge in [0.2, 0.25) is 10.0 Å². The van der Waals surface area contributed by atoms with Crippen LogP contribution in [0.15, 0.2) is 30.9 Å². The number of rotatable bonds is 4. The second-order valence-electron chi connectivity index (χ2n) is 8.79. The Morgan fingerprint density at radius 2 is 1.83 bits per heavy atom. The molecular formula is C21H30FN5O2S. The minimum atomic E-state index is -3.39. The van der Waals surface area contributed by atoms with Crippen molar-refractivity contribution in [3.63, 3.8) is 0 Å². The highest BCUT2D eigenvalue weighted by molar-refractivity contribution is 7.89. The molecule has 0 radical (unpaired) electrons. The van der Waals surface area contributed by atoms with Gasteiger partial charge >= 0.3 is 0 Å². The molecule has 0 aliphatic carbocycles. The van der Waals surface area contributed by atoms with Crippen LogP contribution in [0.3, 0.4) is 0 Å². The van der Waals surface area contributed by atoms with E-state index < -0.39 is 15.3 Å². The second-order valence-corrected chi connectivity index (χ2v) is 11.1. The molecule has 0 saturated carbocycles. The van der Waals surface area contributed by atoms with Crippen molar-refractivity contribution >= 4 is 15.7 Å². The van der Waals surface area contributed by atoms with E-state index in [0.29, 0.717) is 23.9 Å². The van der Waals surface area contributed by atoms with E-state index in [1.54, 1.807) is 31.7 Å². The Bertz CT molecular complexity index is 981. The molecule has 3 unspecified atom stereocenters. The molecule has 9 heteroatoms. The first-order valence-electron chi connectivity index (χ1n) is 10.7. The zero-order chi connectivity index (χ0) is 21.5. The van der Waals surface area contributed by atoms with Gasteiger partial charge in [-0.3, -0.25) is 0 Å². The van der Waals surface area contributed by atoms with Crippen molar-refractivity contribution in [2.24, 2.45) is 5.92 Å². The Morgan fingerprint density at radius 3 is 2.50 bits per heavy atom. The van der Waals surface area contributed by atoms with Gasteiger partial charge in [-0.1, -0.05) is 13.0 Å². The van der Waals surface area contributed by atoms with Gasteiger partial charge < -0.3 is 9.47 Å². The van der Waals surface area contributed by atoms with Crippen LogP contribution in [-0.4, -0.2) is 51.9 Å². The molecule has 3 heterocycles. The number of halogens is 1. The first-order chi connectivity index (χ1) is 14.3. The van der Waals surface area contributed by atoms with Crippen molar-refractivity contribution in [3.05, 3.63) is 42.2 Å². The lowest BCUT2D eigenvalue weighted by atomic mass is 9.93. The molecule has 4 rings (SSSR count). The molecule has 2 aliphatic heterocycles. The smallest absolute Gasteiger partial charge is 0.217 e. The molecule has 1 aromatic heterocycles. The summed E-state index contributed by atoms with van der Waals surface area (Å²) in [4.78, 5) is 2.20. The predicted molar refractivity (Wildman–Crippen MR) is 114 cm³/mol. The number of hydrogen-bond acceptors (Lipinski definition) is 5. The van der Waals surface area contributed by atoms with Gasteiger partial charge in [0.05, 0.1) is 5.25 Å². The Morgan fingerprint density at radius 1 is 1.10 bits per heavy atom. The van der Waals surface area contributed by atoms with Gasteiger partial charge in [0.25, 0.3) is 0 Å². The summed E-state index contributed by atoms with van der Waals surface area (Å²) in [7, 11) is -3.39. The molecule has 2 aromatic rings. The van der Waals surface area contributed by atoms with Crippen molar-refractivity contribution < 1.29 is 12.8 Å². The Hall–Kier alpha value is -2.00. The average molecular weight is 436 g/mol. The Labute approximate surface area is 177 Å². The third kappa shape index (κ3) is 3.97. The van der Waals surface area contributed by atoms with Gasteiger partial charge in [-0.05, 0) is 51.2 Å². The summed E-state index contributed by atoms with van der Waals surface area (Å²) < 4.78 is 43.9. The van der Waals surface area contributed by atoms with E-state index in [2.05, 4.69) is 22.0 Å². The molecule has 0 amide bonds. The highest BCUT2D eigenvalue weighted by Gasteiger charge is 2.37. The highest BCUT2D eigenvalue weighted by atomic mass is 32.2. The van der Waals surface area contributed by atoms with Crippen LogP contribution in [0, 0.1) is 11.7 Å². The van der Waals surface area contributed by atoms with Crippen molar-refractivity contribution in [2.45, 2.75) is 63.9 Å². The molecule has 0 bridgehead atoms. The maximum atomic E-state index is 15.0. The van der Waals surface area contributed by atoms with Crippen molar-refractivity contribution in [2.75, 3.05) is 18.0 Å². The fourth-order valence-corrected chi connectivity index (χ4v) is 6.54. The highest BCUT2D eigenvalue weighted by Crippen LogP contribution is 2.32. The predicted octanol–water partition coefficient (Wildman–Crippen LogP) is 3.21.